The zero-order valence-corrected chi connectivity index (χ0v) is 16.7. The molecule has 0 bridgehead atoms. The van der Waals surface area contributed by atoms with Crippen LogP contribution in [-0.4, -0.2) is 0 Å². The average Bonchev–Trinajstić information content (AvgIpc) is 2.79. The lowest BCUT2D eigenvalue weighted by atomic mass is 10.0. The molecule has 140 valence electrons. The molecule has 0 unspecified atom stereocenters. The Morgan fingerprint density at radius 2 is 1.14 bits per heavy atom. The van der Waals surface area contributed by atoms with Crippen LogP contribution in [0, 0.1) is 11.3 Å². The summed E-state index contributed by atoms with van der Waals surface area (Å²) >= 11 is 0. The lowest BCUT2D eigenvalue weighted by molar-refractivity contribution is -0.596. The molecule has 3 heteroatoms. The fourth-order valence-corrected chi connectivity index (χ4v) is 3.56. The molecule has 2 aromatic heterocycles. The fourth-order valence-electron chi connectivity index (χ4n) is 3.56. The van der Waals surface area contributed by atoms with Crippen LogP contribution in [0.25, 0.3) is 22.5 Å². The maximum atomic E-state index is 9.32. The van der Waals surface area contributed by atoms with E-state index in [-0.39, 0.29) is 0 Å². The van der Waals surface area contributed by atoms with Gasteiger partial charge in [-0.3, -0.25) is 0 Å². The van der Waals surface area contributed by atoms with Crippen molar-refractivity contribution in [3.8, 4) is 28.6 Å². The maximum Gasteiger partial charge on any atom is 0.228 e. The molecule has 0 aliphatic heterocycles. The summed E-state index contributed by atoms with van der Waals surface area (Å²) in [7, 11) is 0. The van der Waals surface area contributed by atoms with Gasteiger partial charge in [0.1, 0.15) is 11.6 Å². The van der Waals surface area contributed by atoms with E-state index >= 15 is 0 Å². The fraction of sp³-hybridized carbons (Fsp3) is 0.115. The molecule has 0 saturated heterocycles. The number of nitriles is 1. The van der Waals surface area contributed by atoms with E-state index < -0.39 is 0 Å². The molecule has 2 aromatic carbocycles. The number of pyridine rings is 2. The predicted octanol–water partition coefficient (Wildman–Crippen LogP) is 4.90. The van der Waals surface area contributed by atoms with Gasteiger partial charge < -0.3 is 0 Å². The average molecular weight is 377 g/mol. The third-order valence-corrected chi connectivity index (χ3v) is 5.13. The van der Waals surface area contributed by atoms with E-state index in [0.717, 1.165) is 16.8 Å². The zero-order chi connectivity index (χ0) is 20.2. The van der Waals surface area contributed by atoms with Gasteiger partial charge in [-0.2, -0.15) is 14.4 Å². The van der Waals surface area contributed by atoms with Gasteiger partial charge in [0.25, 0.3) is 0 Å². The van der Waals surface area contributed by atoms with Crippen LogP contribution in [-0.2, 0) is 0 Å². The van der Waals surface area contributed by atoms with Crippen LogP contribution >= 0.6 is 0 Å². The molecule has 0 aliphatic rings. The largest absolute Gasteiger partial charge is 0.228 e. The van der Waals surface area contributed by atoms with Crippen molar-refractivity contribution in [1.82, 2.24) is 0 Å². The molecule has 0 fully saturated rings. The Balaban J connectivity index is 1.63. The van der Waals surface area contributed by atoms with E-state index in [2.05, 4.69) is 85.4 Å². The summed E-state index contributed by atoms with van der Waals surface area (Å²) in [6.07, 6.45) is 8.23. The third-order valence-electron chi connectivity index (χ3n) is 5.13. The molecule has 4 aromatic rings. The molecule has 0 amide bonds. The standard InChI is InChI=1S/C26H23N3/c1-20(2)24-8-4-6-10-26(24)29-17-13-22(14-18-29)21-11-15-28(16-12-21)25-9-5-3-7-23(25)19-27/h3-18,20H,1-2H3/q+2. The number of nitrogens with zero attached hydrogens (tertiary/aromatic N) is 3. The monoisotopic (exact) mass is 377 g/mol. The van der Waals surface area contributed by atoms with Crippen LogP contribution in [0.3, 0.4) is 0 Å². The minimum absolute atomic E-state index is 0.472. The molecule has 0 radical (unpaired) electrons. The van der Waals surface area contributed by atoms with Gasteiger partial charge in [-0.15, -0.1) is 0 Å². The summed E-state index contributed by atoms with van der Waals surface area (Å²) in [6, 6.07) is 26.8. The van der Waals surface area contributed by atoms with E-state index in [1.807, 2.05) is 41.2 Å². The highest BCUT2D eigenvalue weighted by molar-refractivity contribution is 5.61. The van der Waals surface area contributed by atoms with Crippen molar-refractivity contribution in [3.05, 3.63) is 109 Å². The molecule has 0 atom stereocenters. The normalized spacial score (nSPS) is 10.7. The molecule has 0 spiro atoms. The Morgan fingerprint density at radius 1 is 0.655 bits per heavy atom. The molecular weight excluding hydrogens is 354 g/mol. The van der Waals surface area contributed by atoms with E-state index in [1.54, 1.807) is 0 Å². The lowest BCUT2D eigenvalue weighted by Crippen LogP contribution is -2.31. The maximum absolute atomic E-state index is 9.32. The summed E-state index contributed by atoms with van der Waals surface area (Å²) < 4.78 is 4.15. The van der Waals surface area contributed by atoms with E-state index in [1.165, 1.54) is 11.3 Å². The van der Waals surface area contributed by atoms with Crippen LogP contribution in [0.4, 0.5) is 0 Å². The second kappa shape index (κ2) is 8.08. The second-order valence-electron chi connectivity index (χ2n) is 7.33. The molecule has 0 saturated carbocycles. The molecule has 0 aliphatic carbocycles. The van der Waals surface area contributed by atoms with Gasteiger partial charge in [0.05, 0.1) is 0 Å². The Bertz CT molecular complexity index is 1170. The summed E-state index contributed by atoms with van der Waals surface area (Å²) in [4.78, 5) is 0. The van der Waals surface area contributed by atoms with Crippen molar-refractivity contribution in [2.45, 2.75) is 19.8 Å². The number of para-hydroxylation sites is 2. The Hall–Kier alpha value is -3.77. The molecule has 4 rings (SSSR count). The van der Waals surface area contributed by atoms with Crippen LogP contribution in [0.15, 0.2) is 97.6 Å². The predicted molar refractivity (Wildman–Crippen MR) is 114 cm³/mol. The van der Waals surface area contributed by atoms with Gasteiger partial charge in [0.2, 0.25) is 11.4 Å². The first kappa shape index (κ1) is 18.6. The number of hydrogen-bond acceptors (Lipinski definition) is 1. The van der Waals surface area contributed by atoms with Crippen LogP contribution in [0.2, 0.25) is 0 Å². The number of benzene rings is 2. The van der Waals surface area contributed by atoms with Crippen molar-refractivity contribution < 1.29 is 9.13 Å². The highest BCUT2D eigenvalue weighted by atomic mass is 14.9. The van der Waals surface area contributed by atoms with E-state index in [9.17, 15) is 5.26 Å². The molecular formula is C26H23N3+2. The molecule has 0 N–H and O–H groups in total. The second-order valence-corrected chi connectivity index (χ2v) is 7.33. The van der Waals surface area contributed by atoms with Crippen molar-refractivity contribution in [2.24, 2.45) is 0 Å². The van der Waals surface area contributed by atoms with Crippen LogP contribution < -0.4 is 9.13 Å². The zero-order valence-electron chi connectivity index (χ0n) is 16.7. The molecule has 2 heterocycles. The highest BCUT2D eigenvalue weighted by Gasteiger charge is 2.15. The number of aromatic nitrogens is 2. The summed E-state index contributed by atoms with van der Waals surface area (Å²) in [5.41, 5.74) is 6.40. The van der Waals surface area contributed by atoms with Crippen molar-refractivity contribution in [1.29, 1.82) is 5.26 Å². The van der Waals surface area contributed by atoms with E-state index in [4.69, 9.17) is 0 Å². The first-order chi connectivity index (χ1) is 14.2. The summed E-state index contributed by atoms with van der Waals surface area (Å²) in [5.74, 6) is 0.472. The summed E-state index contributed by atoms with van der Waals surface area (Å²) in [6.45, 7) is 4.44. The van der Waals surface area contributed by atoms with Crippen molar-refractivity contribution >= 4 is 0 Å². The Labute approximate surface area is 171 Å². The van der Waals surface area contributed by atoms with Gasteiger partial charge in [0.15, 0.2) is 24.8 Å². The molecule has 3 nitrogen and oxygen atoms in total. The Kier molecular flexibility index (Phi) is 5.18. The van der Waals surface area contributed by atoms with Gasteiger partial charge in [0, 0.05) is 42.0 Å². The van der Waals surface area contributed by atoms with Crippen LogP contribution in [0.1, 0.15) is 30.9 Å². The number of hydrogen-bond donors (Lipinski definition) is 0. The first-order valence-electron chi connectivity index (χ1n) is 9.79. The van der Waals surface area contributed by atoms with Crippen molar-refractivity contribution in [3.63, 3.8) is 0 Å². The number of rotatable bonds is 4. The van der Waals surface area contributed by atoms with Crippen LogP contribution in [0.5, 0.6) is 0 Å². The SMILES string of the molecule is CC(C)c1ccccc1-[n+]1ccc(-c2cc[n+](-c3ccccc3C#N)cc2)cc1. The third kappa shape index (κ3) is 3.79. The first-order valence-corrected chi connectivity index (χ1v) is 9.79. The Morgan fingerprint density at radius 3 is 1.69 bits per heavy atom. The molecule has 29 heavy (non-hydrogen) atoms. The smallest absolute Gasteiger partial charge is 0.192 e. The minimum Gasteiger partial charge on any atom is -0.192 e. The minimum atomic E-state index is 0.472. The van der Waals surface area contributed by atoms with Gasteiger partial charge >= 0.3 is 0 Å². The van der Waals surface area contributed by atoms with Gasteiger partial charge in [-0.05, 0) is 23.1 Å². The van der Waals surface area contributed by atoms with Gasteiger partial charge in [-0.25, -0.2) is 0 Å². The summed E-state index contributed by atoms with van der Waals surface area (Å²) in [5, 5.41) is 9.32. The van der Waals surface area contributed by atoms with E-state index in [0.29, 0.717) is 11.5 Å². The topological polar surface area (TPSA) is 31.5 Å². The lowest BCUT2D eigenvalue weighted by Gasteiger charge is -2.08. The quantitative estimate of drug-likeness (QED) is 0.465. The van der Waals surface area contributed by atoms with Crippen molar-refractivity contribution in [2.75, 3.05) is 0 Å². The highest BCUT2D eigenvalue weighted by Crippen LogP contribution is 2.21. The van der Waals surface area contributed by atoms with Gasteiger partial charge in [-0.1, -0.05) is 44.2 Å².